The Bertz CT molecular complexity index is 697. The van der Waals surface area contributed by atoms with E-state index in [0.29, 0.717) is 20.1 Å². The first-order chi connectivity index (χ1) is 11.1. The van der Waals surface area contributed by atoms with Crippen LogP contribution in [0.4, 0.5) is 0 Å². The predicted octanol–water partition coefficient (Wildman–Crippen LogP) is 2.82. The van der Waals surface area contributed by atoms with Gasteiger partial charge in [-0.15, -0.1) is 0 Å². The average Bonchev–Trinajstić information content (AvgIpc) is 2.53. The fourth-order valence-electron chi connectivity index (χ4n) is 2.30. The van der Waals surface area contributed by atoms with Crippen molar-refractivity contribution in [2.75, 3.05) is 21.0 Å². The molecule has 0 aliphatic rings. The highest BCUT2D eigenvalue weighted by molar-refractivity contribution is 7.56. The Kier molecular flexibility index (Phi) is 6.14. The molecule has 122 valence electrons. The Morgan fingerprint density at radius 2 is 1.87 bits per heavy atom. The van der Waals surface area contributed by atoms with Gasteiger partial charge < -0.3 is 14.2 Å². The van der Waals surface area contributed by atoms with Crippen LogP contribution in [0, 0.1) is 6.92 Å². The number of Topliss-reactive ketones (excluding diaryl/α,β-unsaturated/α-hetero) is 1. The first-order valence-corrected chi connectivity index (χ1v) is 8.24. The molecule has 0 saturated heterocycles. The van der Waals surface area contributed by atoms with Crippen molar-refractivity contribution in [3.63, 3.8) is 0 Å². The third kappa shape index (κ3) is 4.31. The van der Waals surface area contributed by atoms with Crippen molar-refractivity contribution in [3.05, 3.63) is 47.5 Å². The number of hydrogen-bond acceptors (Lipinski definition) is 4. The van der Waals surface area contributed by atoms with Crippen LogP contribution in [0.15, 0.2) is 36.4 Å². The van der Waals surface area contributed by atoms with Gasteiger partial charge in [0.1, 0.15) is 0 Å². The summed E-state index contributed by atoms with van der Waals surface area (Å²) in [5.74, 6) is 1.40. The molecule has 0 radical (unpaired) electrons. The zero-order chi connectivity index (χ0) is 16.8. The molecule has 0 aromatic heterocycles. The Balaban J connectivity index is 2.46. The van der Waals surface area contributed by atoms with Gasteiger partial charge in [-0.05, 0) is 36.8 Å². The van der Waals surface area contributed by atoms with E-state index in [0.717, 1.165) is 21.7 Å². The van der Waals surface area contributed by atoms with Crippen molar-refractivity contribution in [2.24, 2.45) is 0 Å². The minimum Gasteiger partial charge on any atom is -0.493 e. The molecule has 2 rings (SSSR count). The van der Waals surface area contributed by atoms with Gasteiger partial charge in [0.2, 0.25) is 0 Å². The number of benzene rings is 2. The second-order valence-corrected chi connectivity index (χ2v) is 6.45. The number of hydrogen-bond donors (Lipinski definition) is 0. The lowest BCUT2D eigenvalue weighted by Crippen LogP contribution is -2.15. The molecule has 4 nitrogen and oxygen atoms in total. The van der Waals surface area contributed by atoms with Crippen molar-refractivity contribution in [1.82, 2.24) is 0 Å². The molecule has 1 atom stereocenters. The molecule has 0 aliphatic heterocycles. The summed E-state index contributed by atoms with van der Waals surface area (Å²) in [5.41, 5.74) is 1.82. The summed E-state index contributed by atoms with van der Waals surface area (Å²) in [6.07, 6.45) is 0. The third-order valence-electron chi connectivity index (χ3n) is 3.32. The van der Waals surface area contributed by atoms with Crippen LogP contribution < -0.4 is 20.1 Å². The number of rotatable bonds is 7. The smallest absolute Gasteiger partial charge is 0.188 e. The minimum absolute atomic E-state index is 0.0621. The van der Waals surface area contributed by atoms with Crippen LogP contribution in [0.25, 0.3) is 0 Å². The van der Waals surface area contributed by atoms with Gasteiger partial charge in [0.25, 0.3) is 0 Å². The van der Waals surface area contributed by atoms with E-state index in [1.54, 1.807) is 21.1 Å². The average molecular weight is 332 g/mol. The summed E-state index contributed by atoms with van der Waals surface area (Å²) >= 11 is 0. The van der Waals surface area contributed by atoms with Crippen molar-refractivity contribution in [2.45, 2.75) is 13.8 Å². The van der Waals surface area contributed by atoms with Crippen LogP contribution >= 0.6 is 8.58 Å². The lowest BCUT2D eigenvalue weighted by Gasteiger charge is -2.16. The normalized spacial score (nSPS) is 11.0. The van der Waals surface area contributed by atoms with Crippen LogP contribution in [0.2, 0.25) is 0 Å². The number of methoxy groups -OCH3 is 2. The van der Waals surface area contributed by atoms with Gasteiger partial charge in [-0.3, -0.25) is 4.79 Å². The van der Waals surface area contributed by atoms with E-state index in [1.165, 1.54) is 0 Å². The molecule has 0 bridgehead atoms. The van der Waals surface area contributed by atoms with Crippen molar-refractivity contribution >= 4 is 25.0 Å². The standard InChI is InChI=1S/C18H21O4P/c1-12-9-15(21-4)18(22-11-20-3)17(10-12)23-16-8-6-5-7-14(16)13(2)19/h5-10,23H,11H2,1-4H3. The SMILES string of the molecule is COCOc1c(OC)cc(C)cc1Pc1ccccc1C(C)=O. The molecule has 0 fully saturated rings. The van der Waals surface area contributed by atoms with Crippen molar-refractivity contribution in [1.29, 1.82) is 0 Å². The van der Waals surface area contributed by atoms with Gasteiger partial charge in [-0.1, -0.05) is 32.8 Å². The number of carbonyl (C=O) groups is 1. The number of ketones is 1. The Morgan fingerprint density at radius 3 is 2.52 bits per heavy atom. The summed E-state index contributed by atoms with van der Waals surface area (Å²) in [5, 5.41) is 1.99. The zero-order valence-corrected chi connectivity index (χ0v) is 14.8. The topological polar surface area (TPSA) is 44.8 Å². The summed E-state index contributed by atoms with van der Waals surface area (Å²) in [7, 11) is 3.49. The first kappa shape index (κ1) is 17.5. The molecule has 5 heteroatoms. The number of carbonyl (C=O) groups excluding carboxylic acids is 1. The van der Waals surface area contributed by atoms with Gasteiger partial charge in [0.15, 0.2) is 24.1 Å². The molecular weight excluding hydrogens is 311 g/mol. The summed E-state index contributed by atoms with van der Waals surface area (Å²) < 4.78 is 16.2. The summed E-state index contributed by atoms with van der Waals surface area (Å²) in [4.78, 5) is 11.8. The maximum absolute atomic E-state index is 11.8. The largest absolute Gasteiger partial charge is 0.493 e. The Labute approximate surface area is 138 Å². The maximum Gasteiger partial charge on any atom is 0.188 e. The Hall–Kier alpha value is -1.90. The molecular formula is C18H21O4P. The molecule has 2 aromatic carbocycles. The third-order valence-corrected chi connectivity index (χ3v) is 4.66. The lowest BCUT2D eigenvalue weighted by atomic mass is 10.1. The number of ether oxygens (including phenoxy) is 3. The van der Waals surface area contributed by atoms with Crippen LogP contribution in [-0.2, 0) is 4.74 Å². The van der Waals surface area contributed by atoms with Gasteiger partial charge in [-0.25, -0.2) is 0 Å². The minimum atomic E-state index is 0.0621. The summed E-state index contributed by atoms with van der Waals surface area (Å²) in [6.45, 7) is 3.74. The predicted molar refractivity (Wildman–Crippen MR) is 94.3 cm³/mol. The molecule has 2 aromatic rings. The van der Waals surface area contributed by atoms with Gasteiger partial charge in [0, 0.05) is 18.0 Å². The van der Waals surface area contributed by atoms with E-state index in [4.69, 9.17) is 14.2 Å². The molecule has 0 amide bonds. The van der Waals surface area contributed by atoms with Crippen LogP contribution in [0.3, 0.4) is 0 Å². The molecule has 0 saturated carbocycles. The van der Waals surface area contributed by atoms with Gasteiger partial charge in [-0.2, -0.15) is 0 Å². The fraction of sp³-hybridized carbons (Fsp3) is 0.278. The first-order valence-electron chi connectivity index (χ1n) is 7.24. The quantitative estimate of drug-likeness (QED) is 0.444. The summed E-state index contributed by atoms with van der Waals surface area (Å²) in [6, 6.07) is 11.6. The zero-order valence-electron chi connectivity index (χ0n) is 13.8. The monoisotopic (exact) mass is 332 g/mol. The fourth-order valence-corrected chi connectivity index (χ4v) is 3.77. The van der Waals surface area contributed by atoms with Crippen molar-refractivity contribution < 1.29 is 19.0 Å². The van der Waals surface area contributed by atoms with E-state index < -0.39 is 0 Å². The molecule has 0 aliphatic carbocycles. The van der Waals surface area contributed by atoms with Gasteiger partial charge >= 0.3 is 0 Å². The Morgan fingerprint density at radius 1 is 1.13 bits per heavy atom. The van der Waals surface area contributed by atoms with E-state index in [-0.39, 0.29) is 12.6 Å². The van der Waals surface area contributed by atoms with Crippen LogP contribution in [0.1, 0.15) is 22.8 Å². The second-order valence-electron chi connectivity index (χ2n) is 5.12. The molecule has 0 spiro atoms. The van der Waals surface area contributed by atoms with Gasteiger partial charge in [0.05, 0.1) is 7.11 Å². The number of aryl methyl sites for hydroxylation is 1. The van der Waals surface area contributed by atoms with Crippen LogP contribution in [-0.4, -0.2) is 26.8 Å². The van der Waals surface area contributed by atoms with E-state index in [2.05, 4.69) is 6.07 Å². The molecule has 1 unspecified atom stereocenters. The van der Waals surface area contributed by atoms with Crippen LogP contribution in [0.5, 0.6) is 11.5 Å². The highest BCUT2D eigenvalue weighted by Crippen LogP contribution is 2.31. The maximum atomic E-state index is 11.8. The lowest BCUT2D eigenvalue weighted by molar-refractivity contribution is 0.0499. The molecule has 23 heavy (non-hydrogen) atoms. The van der Waals surface area contributed by atoms with E-state index >= 15 is 0 Å². The molecule has 0 N–H and O–H groups in total. The molecule has 0 heterocycles. The second kappa shape index (κ2) is 8.09. The van der Waals surface area contributed by atoms with E-state index in [9.17, 15) is 4.79 Å². The van der Waals surface area contributed by atoms with E-state index in [1.807, 2.05) is 37.3 Å². The highest BCUT2D eigenvalue weighted by Gasteiger charge is 2.15. The van der Waals surface area contributed by atoms with Crippen molar-refractivity contribution in [3.8, 4) is 11.5 Å². The highest BCUT2D eigenvalue weighted by atomic mass is 31.1.